The average Bonchev–Trinajstić information content (AvgIpc) is 2.78. The van der Waals surface area contributed by atoms with Crippen molar-refractivity contribution in [3.05, 3.63) is 30.5 Å². The summed E-state index contributed by atoms with van der Waals surface area (Å²) in [6.07, 6.45) is 5.61. The summed E-state index contributed by atoms with van der Waals surface area (Å²) in [7, 11) is 0. The minimum Gasteiger partial charge on any atom is -0.477 e. The summed E-state index contributed by atoms with van der Waals surface area (Å²) in [5.41, 5.74) is -0.0882. The van der Waals surface area contributed by atoms with Gasteiger partial charge in [0.05, 0.1) is 12.4 Å². The van der Waals surface area contributed by atoms with Crippen LogP contribution < -0.4 is 4.74 Å². The van der Waals surface area contributed by atoms with Crippen molar-refractivity contribution in [2.24, 2.45) is 0 Å². The van der Waals surface area contributed by atoms with E-state index in [0.29, 0.717) is 5.75 Å². The van der Waals surface area contributed by atoms with Crippen LogP contribution in [0.15, 0.2) is 24.9 Å². The fraction of sp³-hybridized carbons (Fsp3) is 0.273. The molecule has 0 bridgehead atoms. The van der Waals surface area contributed by atoms with Gasteiger partial charge in [0.1, 0.15) is 11.9 Å². The minimum atomic E-state index is -1.14. The fourth-order valence-electron chi connectivity index (χ4n) is 1.31. The Bertz CT molecular complexity index is 565. The molecule has 2 rings (SSSR count). The maximum atomic E-state index is 10.9. The van der Waals surface area contributed by atoms with Gasteiger partial charge in [-0.1, -0.05) is 0 Å². The maximum absolute atomic E-state index is 10.9. The normalized spacial score (nSPS) is 10.6. The topological polar surface area (TPSA) is 90.1 Å². The monoisotopic (exact) mass is 248 g/mol. The quantitative estimate of drug-likeness (QED) is 0.886. The van der Waals surface area contributed by atoms with Crippen LogP contribution in [0.2, 0.25) is 0 Å². The molecule has 94 valence electrons. The SMILES string of the molecule is CC(C)n1cc(Oc2ncncc2C(=O)O)cn1. The van der Waals surface area contributed by atoms with Crippen LogP contribution in [0.25, 0.3) is 0 Å². The Labute approximate surface area is 103 Å². The summed E-state index contributed by atoms with van der Waals surface area (Å²) in [5, 5.41) is 13.0. The second kappa shape index (κ2) is 4.82. The standard InChI is InChI=1S/C11H12N4O3/c1-7(2)15-5-8(3-14-15)18-10-9(11(16)17)4-12-6-13-10/h3-7H,1-2H3,(H,16,17). The number of aromatic carboxylic acids is 1. The molecule has 2 aromatic heterocycles. The van der Waals surface area contributed by atoms with Crippen LogP contribution in [0.5, 0.6) is 11.6 Å². The van der Waals surface area contributed by atoms with Crippen molar-refractivity contribution in [3.8, 4) is 11.6 Å². The molecule has 18 heavy (non-hydrogen) atoms. The van der Waals surface area contributed by atoms with E-state index in [4.69, 9.17) is 9.84 Å². The summed E-state index contributed by atoms with van der Waals surface area (Å²) in [4.78, 5) is 18.4. The van der Waals surface area contributed by atoms with E-state index in [9.17, 15) is 4.79 Å². The predicted molar refractivity (Wildman–Crippen MR) is 61.7 cm³/mol. The molecule has 0 aliphatic heterocycles. The van der Waals surface area contributed by atoms with E-state index < -0.39 is 5.97 Å². The molecule has 2 aromatic rings. The highest BCUT2D eigenvalue weighted by molar-refractivity contribution is 5.89. The Morgan fingerprint density at radius 2 is 2.22 bits per heavy atom. The van der Waals surface area contributed by atoms with Crippen molar-refractivity contribution in [2.45, 2.75) is 19.9 Å². The van der Waals surface area contributed by atoms with E-state index in [1.165, 1.54) is 18.7 Å². The first-order valence-corrected chi connectivity index (χ1v) is 5.33. The highest BCUT2D eigenvalue weighted by atomic mass is 16.5. The number of hydrogen-bond donors (Lipinski definition) is 1. The molecule has 2 heterocycles. The maximum Gasteiger partial charge on any atom is 0.342 e. The van der Waals surface area contributed by atoms with Gasteiger partial charge in [0.2, 0.25) is 5.88 Å². The molecule has 0 aliphatic rings. The number of rotatable bonds is 4. The second-order valence-electron chi connectivity index (χ2n) is 3.90. The molecule has 7 heteroatoms. The summed E-state index contributed by atoms with van der Waals surface area (Å²) in [5.74, 6) is -0.701. The third-order valence-corrected chi connectivity index (χ3v) is 2.23. The van der Waals surface area contributed by atoms with E-state index in [0.717, 1.165) is 0 Å². The molecule has 0 saturated carbocycles. The van der Waals surface area contributed by atoms with Gasteiger partial charge in [-0.15, -0.1) is 0 Å². The number of carboxylic acid groups (broad SMARTS) is 1. The number of aromatic nitrogens is 4. The molecule has 0 fully saturated rings. The third-order valence-electron chi connectivity index (χ3n) is 2.23. The summed E-state index contributed by atoms with van der Waals surface area (Å²) < 4.78 is 7.09. The van der Waals surface area contributed by atoms with Gasteiger partial charge in [-0.2, -0.15) is 5.10 Å². The molecule has 0 unspecified atom stereocenters. The first-order chi connectivity index (χ1) is 8.58. The zero-order valence-corrected chi connectivity index (χ0v) is 9.94. The van der Waals surface area contributed by atoms with Gasteiger partial charge in [0.25, 0.3) is 0 Å². The molecule has 0 saturated heterocycles. The Kier molecular flexibility index (Phi) is 3.22. The number of ether oxygens (including phenoxy) is 1. The summed E-state index contributed by atoms with van der Waals surface area (Å²) >= 11 is 0. The van der Waals surface area contributed by atoms with Crippen molar-refractivity contribution < 1.29 is 14.6 Å². The zero-order chi connectivity index (χ0) is 13.1. The van der Waals surface area contributed by atoms with Gasteiger partial charge in [-0.05, 0) is 13.8 Å². The van der Waals surface area contributed by atoms with E-state index in [1.54, 1.807) is 10.9 Å². The molecule has 0 amide bonds. The molecular formula is C11H12N4O3. The lowest BCUT2D eigenvalue weighted by atomic mass is 10.3. The number of nitrogens with zero attached hydrogens (tertiary/aromatic N) is 4. The number of carboxylic acids is 1. The molecule has 0 spiro atoms. The Balaban J connectivity index is 2.25. The van der Waals surface area contributed by atoms with Gasteiger partial charge in [0, 0.05) is 12.2 Å². The molecular weight excluding hydrogens is 236 g/mol. The van der Waals surface area contributed by atoms with Gasteiger partial charge in [-0.25, -0.2) is 14.8 Å². The van der Waals surface area contributed by atoms with E-state index in [-0.39, 0.29) is 17.5 Å². The first kappa shape index (κ1) is 12.0. The van der Waals surface area contributed by atoms with Crippen LogP contribution in [0.4, 0.5) is 0 Å². The smallest absolute Gasteiger partial charge is 0.342 e. The van der Waals surface area contributed by atoms with Crippen molar-refractivity contribution in [1.29, 1.82) is 0 Å². The number of hydrogen-bond acceptors (Lipinski definition) is 5. The van der Waals surface area contributed by atoms with Crippen molar-refractivity contribution in [1.82, 2.24) is 19.7 Å². The fourth-order valence-corrected chi connectivity index (χ4v) is 1.31. The van der Waals surface area contributed by atoms with E-state index >= 15 is 0 Å². The van der Waals surface area contributed by atoms with Crippen LogP contribution >= 0.6 is 0 Å². The summed E-state index contributed by atoms with van der Waals surface area (Å²) in [6, 6.07) is 0.201. The van der Waals surface area contributed by atoms with Gasteiger partial charge in [-0.3, -0.25) is 4.68 Å². The lowest BCUT2D eigenvalue weighted by Gasteiger charge is -2.05. The lowest BCUT2D eigenvalue weighted by molar-refractivity contribution is 0.0693. The lowest BCUT2D eigenvalue weighted by Crippen LogP contribution is -2.02. The largest absolute Gasteiger partial charge is 0.477 e. The highest BCUT2D eigenvalue weighted by Gasteiger charge is 2.14. The first-order valence-electron chi connectivity index (χ1n) is 5.33. The van der Waals surface area contributed by atoms with Crippen molar-refractivity contribution >= 4 is 5.97 Å². The van der Waals surface area contributed by atoms with Gasteiger partial charge >= 0.3 is 5.97 Å². The Morgan fingerprint density at radius 3 is 2.83 bits per heavy atom. The minimum absolute atomic E-state index is 0.000746. The highest BCUT2D eigenvalue weighted by Crippen LogP contribution is 2.22. The third kappa shape index (κ3) is 2.45. The van der Waals surface area contributed by atoms with E-state index in [1.807, 2.05) is 13.8 Å². The van der Waals surface area contributed by atoms with Crippen LogP contribution in [0.1, 0.15) is 30.2 Å². The molecule has 1 N–H and O–H groups in total. The van der Waals surface area contributed by atoms with Crippen molar-refractivity contribution in [3.63, 3.8) is 0 Å². The number of carbonyl (C=O) groups is 1. The Morgan fingerprint density at radius 1 is 1.44 bits per heavy atom. The summed E-state index contributed by atoms with van der Waals surface area (Å²) in [6.45, 7) is 3.95. The molecule has 0 radical (unpaired) electrons. The van der Waals surface area contributed by atoms with Gasteiger partial charge in [0.15, 0.2) is 5.75 Å². The van der Waals surface area contributed by atoms with E-state index in [2.05, 4.69) is 15.1 Å². The molecule has 0 aromatic carbocycles. The molecule has 7 nitrogen and oxygen atoms in total. The van der Waals surface area contributed by atoms with Crippen LogP contribution in [-0.2, 0) is 0 Å². The van der Waals surface area contributed by atoms with Crippen molar-refractivity contribution in [2.75, 3.05) is 0 Å². The van der Waals surface area contributed by atoms with Crippen LogP contribution in [-0.4, -0.2) is 30.8 Å². The molecule has 0 aliphatic carbocycles. The Hall–Kier alpha value is -2.44. The average molecular weight is 248 g/mol. The second-order valence-corrected chi connectivity index (χ2v) is 3.90. The zero-order valence-electron chi connectivity index (χ0n) is 9.94. The van der Waals surface area contributed by atoms with Crippen LogP contribution in [0, 0.1) is 0 Å². The predicted octanol–water partition coefficient (Wildman–Crippen LogP) is 1.74. The van der Waals surface area contributed by atoms with Crippen LogP contribution in [0.3, 0.4) is 0 Å². The molecule has 0 atom stereocenters. The van der Waals surface area contributed by atoms with Gasteiger partial charge < -0.3 is 9.84 Å².